The Morgan fingerprint density at radius 3 is 2.16 bits per heavy atom. The highest BCUT2D eigenvalue weighted by Crippen LogP contribution is 2.21. The molecular weight excluding hydrogens is 268 g/mol. The van der Waals surface area contributed by atoms with E-state index in [0.717, 1.165) is 5.56 Å². The number of rotatable bonds is 4. The lowest BCUT2D eigenvalue weighted by Gasteiger charge is -2.15. The van der Waals surface area contributed by atoms with Crippen molar-refractivity contribution in [3.63, 3.8) is 0 Å². The number of carbonyl (C=O) groups is 1. The van der Waals surface area contributed by atoms with Crippen molar-refractivity contribution in [1.29, 1.82) is 0 Å². The number of sulfonamides is 1. The topological polar surface area (TPSA) is 98.5 Å². The average molecular weight is 286 g/mol. The van der Waals surface area contributed by atoms with Gasteiger partial charge in [0, 0.05) is 0 Å². The number of benzene rings is 1. The second-order valence-corrected chi connectivity index (χ2v) is 6.16. The molecule has 0 aliphatic rings. The van der Waals surface area contributed by atoms with Gasteiger partial charge in [0.25, 0.3) is 0 Å². The van der Waals surface area contributed by atoms with Crippen LogP contribution in [-0.2, 0) is 19.7 Å². The first kappa shape index (κ1) is 15.6. The lowest BCUT2D eigenvalue weighted by molar-refractivity contribution is -0.145. The number of aryl methyl sites for hydroxylation is 3. The van der Waals surface area contributed by atoms with Crippen molar-refractivity contribution in [2.24, 2.45) is 5.90 Å². The van der Waals surface area contributed by atoms with Crippen LogP contribution in [0, 0.1) is 20.8 Å². The molecule has 1 rings (SSSR count). The molecule has 0 saturated carbocycles. The van der Waals surface area contributed by atoms with E-state index in [1.807, 2.05) is 6.92 Å². The van der Waals surface area contributed by atoms with E-state index in [-0.39, 0.29) is 4.90 Å². The van der Waals surface area contributed by atoms with Gasteiger partial charge in [-0.3, -0.25) is 0 Å². The molecule has 0 saturated heterocycles. The Morgan fingerprint density at radius 1 is 1.26 bits per heavy atom. The maximum Gasteiger partial charge on any atom is 0.342 e. The molecule has 19 heavy (non-hydrogen) atoms. The van der Waals surface area contributed by atoms with Crippen molar-refractivity contribution in [3.8, 4) is 0 Å². The largest absolute Gasteiger partial charge is 0.372 e. The van der Waals surface area contributed by atoms with Crippen LogP contribution >= 0.6 is 0 Å². The normalized spacial score (nSPS) is 13.1. The van der Waals surface area contributed by atoms with Gasteiger partial charge >= 0.3 is 5.97 Å². The van der Waals surface area contributed by atoms with Crippen LogP contribution in [0.4, 0.5) is 0 Å². The summed E-state index contributed by atoms with van der Waals surface area (Å²) in [5.74, 6) is 3.88. The van der Waals surface area contributed by atoms with Crippen LogP contribution in [0.1, 0.15) is 23.6 Å². The van der Waals surface area contributed by atoms with Gasteiger partial charge < -0.3 is 4.84 Å². The van der Waals surface area contributed by atoms with E-state index < -0.39 is 22.0 Å². The lowest BCUT2D eigenvalue weighted by Crippen LogP contribution is -2.40. The maximum absolute atomic E-state index is 12.3. The highest BCUT2D eigenvalue weighted by molar-refractivity contribution is 7.89. The standard InChI is InChI=1S/C12H18N2O4S/c1-7-5-8(2)11(9(3)6-7)19(16,17)14-10(4)12(15)18-13/h5-6,10,14H,13H2,1-4H3/t10-/m0/s1. The molecule has 0 aliphatic carbocycles. The number of nitrogens with one attached hydrogen (secondary N) is 1. The van der Waals surface area contributed by atoms with Gasteiger partial charge in [-0.25, -0.2) is 13.2 Å². The van der Waals surface area contributed by atoms with Gasteiger partial charge in [-0.05, 0) is 38.8 Å². The number of hydrogen-bond acceptors (Lipinski definition) is 5. The Kier molecular flexibility index (Phi) is 4.67. The highest BCUT2D eigenvalue weighted by atomic mass is 32.2. The second-order valence-electron chi connectivity index (χ2n) is 4.51. The Bertz CT molecular complexity index is 573. The van der Waals surface area contributed by atoms with Crippen LogP contribution in [-0.4, -0.2) is 20.4 Å². The van der Waals surface area contributed by atoms with E-state index >= 15 is 0 Å². The minimum atomic E-state index is -3.80. The summed E-state index contributed by atoms with van der Waals surface area (Å²) < 4.78 is 26.8. The molecule has 0 spiro atoms. The van der Waals surface area contributed by atoms with E-state index in [0.29, 0.717) is 11.1 Å². The minimum Gasteiger partial charge on any atom is -0.372 e. The van der Waals surface area contributed by atoms with E-state index in [4.69, 9.17) is 5.90 Å². The maximum atomic E-state index is 12.3. The minimum absolute atomic E-state index is 0.176. The van der Waals surface area contributed by atoms with Crippen LogP contribution < -0.4 is 10.6 Å². The van der Waals surface area contributed by atoms with E-state index in [1.54, 1.807) is 26.0 Å². The zero-order valence-corrected chi connectivity index (χ0v) is 12.2. The molecular formula is C12H18N2O4S. The fourth-order valence-electron chi connectivity index (χ4n) is 2.03. The molecule has 1 aromatic carbocycles. The number of nitrogens with two attached hydrogens (primary N) is 1. The Hall–Kier alpha value is -1.44. The van der Waals surface area contributed by atoms with Crippen molar-refractivity contribution in [3.05, 3.63) is 28.8 Å². The molecule has 0 amide bonds. The van der Waals surface area contributed by atoms with Crippen molar-refractivity contribution in [1.82, 2.24) is 4.72 Å². The van der Waals surface area contributed by atoms with Crippen LogP contribution in [0.2, 0.25) is 0 Å². The highest BCUT2D eigenvalue weighted by Gasteiger charge is 2.25. The van der Waals surface area contributed by atoms with Crippen LogP contribution in [0.3, 0.4) is 0 Å². The van der Waals surface area contributed by atoms with Crippen molar-refractivity contribution >= 4 is 16.0 Å². The molecule has 106 valence electrons. The van der Waals surface area contributed by atoms with Gasteiger partial charge in [0.05, 0.1) is 4.90 Å². The predicted molar refractivity (Wildman–Crippen MR) is 70.7 cm³/mol. The molecule has 3 N–H and O–H groups in total. The Labute approximate surface area is 113 Å². The van der Waals surface area contributed by atoms with Crippen LogP contribution in [0.25, 0.3) is 0 Å². The summed E-state index contributed by atoms with van der Waals surface area (Å²) in [4.78, 5) is 15.4. The van der Waals surface area contributed by atoms with Gasteiger partial charge in [-0.1, -0.05) is 17.7 Å². The third-order valence-corrected chi connectivity index (χ3v) is 4.52. The fraction of sp³-hybridized carbons (Fsp3) is 0.417. The first-order valence-corrected chi connectivity index (χ1v) is 7.18. The average Bonchev–Trinajstić information content (AvgIpc) is 2.24. The third-order valence-electron chi connectivity index (χ3n) is 2.68. The molecule has 7 heteroatoms. The van der Waals surface area contributed by atoms with Crippen molar-refractivity contribution < 1.29 is 18.0 Å². The number of hydrogen-bond donors (Lipinski definition) is 2. The zero-order valence-electron chi connectivity index (χ0n) is 11.4. The first-order chi connectivity index (χ1) is 8.69. The van der Waals surface area contributed by atoms with Crippen molar-refractivity contribution in [2.75, 3.05) is 0 Å². The summed E-state index contributed by atoms with van der Waals surface area (Å²) in [6.07, 6.45) is 0. The van der Waals surface area contributed by atoms with Gasteiger partial charge in [0.15, 0.2) is 0 Å². The molecule has 0 bridgehead atoms. The van der Waals surface area contributed by atoms with Crippen molar-refractivity contribution in [2.45, 2.75) is 38.6 Å². The predicted octanol–water partition coefficient (Wildman–Crippen LogP) is 0.696. The summed E-state index contributed by atoms with van der Waals surface area (Å²) in [6, 6.07) is 2.50. The van der Waals surface area contributed by atoms with E-state index in [1.165, 1.54) is 6.92 Å². The third kappa shape index (κ3) is 3.52. The van der Waals surface area contributed by atoms with Crippen LogP contribution in [0.5, 0.6) is 0 Å². The molecule has 0 heterocycles. The molecule has 0 unspecified atom stereocenters. The van der Waals surface area contributed by atoms with E-state index in [9.17, 15) is 13.2 Å². The van der Waals surface area contributed by atoms with Gasteiger partial charge in [0.2, 0.25) is 10.0 Å². The fourth-order valence-corrected chi connectivity index (χ4v) is 3.68. The van der Waals surface area contributed by atoms with Gasteiger partial charge in [-0.15, -0.1) is 0 Å². The molecule has 0 aromatic heterocycles. The van der Waals surface area contributed by atoms with Gasteiger partial charge in [-0.2, -0.15) is 10.6 Å². The molecule has 0 aliphatic heterocycles. The summed E-state index contributed by atoms with van der Waals surface area (Å²) in [5, 5.41) is 0. The molecule has 6 nitrogen and oxygen atoms in total. The quantitative estimate of drug-likeness (QED) is 0.794. The molecule has 0 fully saturated rings. The first-order valence-electron chi connectivity index (χ1n) is 5.69. The Balaban J connectivity index is 3.18. The monoisotopic (exact) mass is 286 g/mol. The smallest absolute Gasteiger partial charge is 0.342 e. The SMILES string of the molecule is Cc1cc(C)c(S(=O)(=O)N[C@@H](C)C(=O)ON)c(C)c1. The molecule has 1 atom stereocenters. The second kappa shape index (κ2) is 5.68. The van der Waals surface area contributed by atoms with Gasteiger partial charge in [0.1, 0.15) is 6.04 Å². The summed E-state index contributed by atoms with van der Waals surface area (Å²) >= 11 is 0. The summed E-state index contributed by atoms with van der Waals surface area (Å²) in [5.41, 5.74) is 2.22. The number of carbonyl (C=O) groups excluding carboxylic acids is 1. The van der Waals surface area contributed by atoms with E-state index in [2.05, 4.69) is 9.56 Å². The summed E-state index contributed by atoms with van der Waals surface area (Å²) in [6.45, 7) is 6.67. The Morgan fingerprint density at radius 2 is 1.74 bits per heavy atom. The lowest BCUT2D eigenvalue weighted by atomic mass is 10.1. The molecule has 1 aromatic rings. The van der Waals surface area contributed by atoms with Crippen LogP contribution in [0.15, 0.2) is 17.0 Å². The molecule has 0 radical (unpaired) electrons. The summed E-state index contributed by atoms with van der Waals surface area (Å²) in [7, 11) is -3.80. The zero-order chi connectivity index (χ0) is 14.8.